The number of hydrogen-bond acceptors (Lipinski definition) is 6. The average molecular weight is 460 g/mol. The van der Waals surface area contributed by atoms with Crippen molar-refractivity contribution in [1.82, 2.24) is 5.32 Å². The molecule has 4 rings (SSSR count). The summed E-state index contributed by atoms with van der Waals surface area (Å²) in [6.07, 6.45) is 0. The molecule has 1 aliphatic heterocycles. The van der Waals surface area contributed by atoms with Crippen LogP contribution in [-0.4, -0.2) is 30.4 Å². The number of hydrogen-bond donors (Lipinski definition) is 3. The minimum Gasteiger partial charge on any atom is -0.497 e. The van der Waals surface area contributed by atoms with E-state index in [4.69, 9.17) is 4.74 Å². The molecule has 0 radical (unpaired) electrons. The first-order valence-electron chi connectivity index (χ1n) is 9.83. The maximum absolute atomic E-state index is 13.4. The van der Waals surface area contributed by atoms with E-state index in [1.165, 1.54) is 0 Å². The van der Waals surface area contributed by atoms with E-state index in [1.54, 1.807) is 49.6 Å². The minimum absolute atomic E-state index is 0.183. The van der Waals surface area contributed by atoms with Crippen molar-refractivity contribution in [2.75, 3.05) is 12.9 Å². The fourth-order valence-electron chi connectivity index (χ4n) is 3.92. The molecule has 0 spiro atoms. The highest BCUT2D eigenvalue weighted by Crippen LogP contribution is 2.62. The molecule has 0 saturated heterocycles. The zero-order chi connectivity index (χ0) is 22.1. The zero-order valence-electron chi connectivity index (χ0n) is 17.1. The third kappa shape index (κ3) is 4.35. The predicted molar refractivity (Wildman–Crippen MR) is 122 cm³/mol. The van der Waals surface area contributed by atoms with Crippen molar-refractivity contribution in [1.29, 1.82) is 0 Å². The van der Waals surface area contributed by atoms with E-state index in [0.29, 0.717) is 23.5 Å². The van der Waals surface area contributed by atoms with Crippen molar-refractivity contribution in [2.45, 2.75) is 28.1 Å². The zero-order valence-corrected chi connectivity index (χ0v) is 18.7. The topological polar surface area (TPSA) is 95.9 Å². The molecule has 6 nitrogen and oxygen atoms in total. The van der Waals surface area contributed by atoms with Gasteiger partial charge in [0.05, 0.1) is 22.7 Å². The van der Waals surface area contributed by atoms with Crippen LogP contribution in [0.25, 0.3) is 0 Å². The highest BCUT2D eigenvalue weighted by molar-refractivity contribution is 8.25. The van der Waals surface area contributed by atoms with Crippen LogP contribution in [-0.2, 0) is 22.9 Å². The van der Waals surface area contributed by atoms with E-state index < -0.39 is 25.7 Å². The third-order valence-electron chi connectivity index (χ3n) is 5.44. The lowest BCUT2D eigenvalue weighted by atomic mass is 10.0. The molecule has 1 unspecified atom stereocenters. The molecule has 1 heterocycles. The Kier molecular flexibility index (Phi) is 6.09. The molecule has 0 fully saturated rings. The maximum atomic E-state index is 13.4. The van der Waals surface area contributed by atoms with Gasteiger partial charge in [0, 0.05) is 13.1 Å². The number of fused-ring (bicyclic) bond motifs is 1. The molecule has 3 aromatic rings. The smallest absolute Gasteiger partial charge is 0.187 e. The summed E-state index contributed by atoms with van der Waals surface area (Å²) in [5, 5.41) is 2.34. The van der Waals surface area contributed by atoms with E-state index in [0.717, 1.165) is 16.9 Å². The van der Waals surface area contributed by atoms with Crippen LogP contribution >= 0.6 is 10.6 Å². The molecule has 1 aliphatic rings. The standard InChI is InChI=1S/C23H25NO5S2/c1-29-19-9-5-7-17(13-19)14-24-15-18-8-6-12-21-23(18)22(16-30(21,25)26)31(27,28)20-10-3-2-4-11-20/h2-13,22,24-26H,14-16H2,1H3. The van der Waals surface area contributed by atoms with Crippen LogP contribution in [0, 0.1) is 0 Å². The lowest BCUT2D eigenvalue weighted by molar-refractivity contribution is 0.414. The second kappa shape index (κ2) is 8.64. The van der Waals surface area contributed by atoms with Gasteiger partial charge in [-0.15, -0.1) is 0 Å². The average Bonchev–Trinajstić information content (AvgIpc) is 3.07. The Labute approximate surface area is 184 Å². The summed E-state index contributed by atoms with van der Waals surface area (Å²) < 4.78 is 53.3. The normalized spacial score (nSPS) is 18.4. The Morgan fingerprint density at radius 1 is 1.00 bits per heavy atom. The van der Waals surface area contributed by atoms with Gasteiger partial charge in [-0.25, -0.2) is 8.42 Å². The van der Waals surface area contributed by atoms with Gasteiger partial charge in [0.1, 0.15) is 11.0 Å². The quantitative estimate of drug-likeness (QED) is 0.477. The van der Waals surface area contributed by atoms with Crippen LogP contribution in [0.3, 0.4) is 0 Å². The predicted octanol–water partition coefficient (Wildman–Crippen LogP) is 4.62. The molecule has 0 aromatic heterocycles. The number of methoxy groups -OCH3 is 1. The minimum atomic E-state index is -3.78. The molecule has 0 amide bonds. The maximum Gasteiger partial charge on any atom is 0.187 e. The van der Waals surface area contributed by atoms with Crippen LogP contribution in [0.2, 0.25) is 0 Å². The molecule has 0 saturated carbocycles. The molecule has 1 atom stereocenters. The number of sulfone groups is 1. The summed E-state index contributed by atoms with van der Waals surface area (Å²) in [7, 11) is -5.34. The number of rotatable bonds is 7. The number of nitrogens with one attached hydrogen (secondary N) is 1. The van der Waals surface area contributed by atoms with Gasteiger partial charge in [-0.2, -0.15) is 10.6 Å². The Hall–Kier alpha value is -2.36. The van der Waals surface area contributed by atoms with Crippen molar-refractivity contribution >= 4 is 20.4 Å². The van der Waals surface area contributed by atoms with Crippen molar-refractivity contribution in [2.24, 2.45) is 0 Å². The van der Waals surface area contributed by atoms with Gasteiger partial charge in [0.25, 0.3) is 0 Å². The van der Waals surface area contributed by atoms with Gasteiger partial charge in [-0.3, -0.25) is 9.11 Å². The molecule has 164 valence electrons. The van der Waals surface area contributed by atoms with Gasteiger partial charge in [0.15, 0.2) is 9.84 Å². The van der Waals surface area contributed by atoms with Gasteiger partial charge in [-0.1, -0.05) is 42.5 Å². The van der Waals surface area contributed by atoms with Crippen molar-refractivity contribution in [3.63, 3.8) is 0 Å². The van der Waals surface area contributed by atoms with E-state index >= 15 is 0 Å². The first-order chi connectivity index (χ1) is 14.8. The van der Waals surface area contributed by atoms with Crippen LogP contribution in [0.5, 0.6) is 5.75 Å². The molecule has 0 bridgehead atoms. The highest BCUT2D eigenvalue weighted by Gasteiger charge is 2.44. The Bertz CT molecular complexity index is 1180. The Balaban J connectivity index is 1.64. The van der Waals surface area contributed by atoms with Gasteiger partial charge in [0.2, 0.25) is 0 Å². The molecule has 0 aliphatic carbocycles. The van der Waals surface area contributed by atoms with E-state index in [2.05, 4.69) is 5.32 Å². The second-order valence-corrected chi connectivity index (χ2v) is 11.7. The molecule has 8 heteroatoms. The lowest BCUT2D eigenvalue weighted by Crippen LogP contribution is -2.19. The first-order valence-corrected chi connectivity index (χ1v) is 13.1. The summed E-state index contributed by atoms with van der Waals surface area (Å²) in [4.78, 5) is 0.514. The van der Waals surface area contributed by atoms with Crippen molar-refractivity contribution < 1.29 is 22.3 Å². The first kappa shape index (κ1) is 21.9. The summed E-state index contributed by atoms with van der Waals surface area (Å²) in [5.41, 5.74) is 2.29. The van der Waals surface area contributed by atoms with E-state index in [1.807, 2.05) is 30.3 Å². The molecule has 31 heavy (non-hydrogen) atoms. The summed E-state index contributed by atoms with van der Waals surface area (Å²) in [6.45, 7) is 0.962. The molecular weight excluding hydrogens is 434 g/mol. The molecule has 3 N–H and O–H groups in total. The second-order valence-electron chi connectivity index (χ2n) is 7.46. The SMILES string of the molecule is COc1cccc(CNCc2cccc3c2C(S(=O)(=O)c2ccccc2)CS3(O)O)c1. The monoisotopic (exact) mass is 459 g/mol. The van der Waals surface area contributed by atoms with Crippen LogP contribution in [0.1, 0.15) is 21.9 Å². The van der Waals surface area contributed by atoms with Gasteiger partial charge in [-0.05, 0) is 47.0 Å². The fraction of sp³-hybridized carbons (Fsp3) is 0.217. The summed E-state index contributed by atoms with van der Waals surface area (Å²) in [5.74, 6) is 0.551. The largest absolute Gasteiger partial charge is 0.497 e. The van der Waals surface area contributed by atoms with Gasteiger partial charge >= 0.3 is 0 Å². The number of ether oxygens (including phenoxy) is 1. The van der Waals surface area contributed by atoms with Crippen LogP contribution in [0.4, 0.5) is 0 Å². The molecular formula is C23H25NO5S2. The van der Waals surface area contributed by atoms with Crippen molar-refractivity contribution in [3.05, 3.63) is 89.5 Å². The van der Waals surface area contributed by atoms with E-state index in [9.17, 15) is 17.5 Å². The third-order valence-corrected chi connectivity index (χ3v) is 9.59. The summed E-state index contributed by atoms with van der Waals surface area (Å²) in [6, 6.07) is 21.1. The van der Waals surface area contributed by atoms with Gasteiger partial charge < -0.3 is 10.1 Å². The van der Waals surface area contributed by atoms with Crippen LogP contribution in [0.15, 0.2) is 82.6 Å². The van der Waals surface area contributed by atoms with Crippen LogP contribution < -0.4 is 10.1 Å². The highest BCUT2D eigenvalue weighted by atomic mass is 32.3. The lowest BCUT2D eigenvalue weighted by Gasteiger charge is -2.27. The fourth-order valence-corrected chi connectivity index (χ4v) is 8.43. The Morgan fingerprint density at radius 2 is 1.74 bits per heavy atom. The molecule has 3 aromatic carbocycles. The Morgan fingerprint density at radius 3 is 2.48 bits per heavy atom. The van der Waals surface area contributed by atoms with E-state index in [-0.39, 0.29) is 10.6 Å². The van der Waals surface area contributed by atoms with Crippen molar-refractivity contribution in [3.8, 4) is 5.75 Å². The number of benzene rings is 3. The summed E-state index contributed by atoms with van der Waals surface area (Å²) >= 11 is 0.